The summed E-state index contributed by atoms with van der Waals surface area (Å²) < 4.78 is 6.90. The molecule has 0 saturated carbocycles. The minimum Gasteiger partial charge on any atom is -0.485 e. The lowest BCUT2D eigenvalue weighted by Gasteiger charge is -2.30. The van der Waals surface area contributed by atoms with Crippen molar-refractivity contribution in [1.29, 1.82) is 0 Å². The molecule has 98 valence electrons. The second-order valence-electron chi connectivity index (χ2n) is 4.59. The second kappa shape index (κ2) is 5.16. The topological polar surface area (TPSA) is 29.5 Å². The first kappa shape index (κ1) is 13.0. The van der Waals surface area contributed by atoms with Gasteiger partial charge in [0, 0.05) is 21.5 Å². The first-order valence-electron chi connectivity index (χ1n) is 6.03. The normalized spacial score (nSPS) is 21.6. The molecule has 0 saturated heterocycles. The van der Waals surface area contributed by atoms with Gasteiger partial charge >= 0.3 is 0 Å². The molecule has 19 heavy (non-hydrogen) atoms. The number of halogens is 2. The quantitative estimate of drug-likeness (QED) is 0.819. The van der Waals surface area contributed by atoms with Gasteiger partial charge in [0.05, 0.1) is 6.10 Å². The van der Waals surface area contributed by atoms with Crippen molar-refractivity contribution in [2.45, 2.75) is 18.6 Å². The molecule has 1 aliphatic heterocycles. The van der Waals surface area contributed by atoms with Crippen LogP contribution in [0.2, 0.25) is 5.02 Å². The third-order valence-electron chi connectivity index (χ3n) is 3.28. The SMILES string of the molecule is OC1CC(c2ccc(Cl)cc2)Oc2ccc(Br)cc21. The van der Waals surface area contributed by atoms with Crippen LogP contribution in [-0.4, -0.2) is 5.11 Å². The molecule has 0 aliphatic carbocycles. The summed E-state index contributed by atoms with van der Waals surface area (Å²) in [5.74, 6) is 0.738. The first-order valence-corrected chi connectivity index (χ1v) is 7.20. The van der Waals surface area contributed by atoms with Crippen molar-refractivity contribution < 1.29 is 9.84 Å². The molecule has 0 radical (unpaired) electrons. The molecule has 0 aromatic heterocycles. The molecule has 1 N–H and O–H groups in total. The molecule has 3 rings (SSSR count). The fourth-order valence-corrected chi connectivity index (χ4v) is 2.80. The zero-order valence-electron chi connectivity index (χ0n) is 10.0. The van der Waals surface area contributed by atoms with Gasteiger partial charge in [0.1, 0.15) is 11.9 Å². The van der Waals surface area contributed by atoms with Crippen LogP contribution in [0.3, 0.4) is 0 Å². The molecule has 2 unspecified atom stereocenters. The van der Waals surface area contributed by atoms with Crippen LogP contribution >= 0.6 is 27.5 Å². The highest BCUT2D eigenvalue weighted by Crippen LogP contribution is 2.41. The Morgan fingerprint density at radius 2 is 1.89 bits per heavy atom. The van der Waals surface area contributed by atoms with Crippen molar-refractivity contribution in [3.05, 3.63) is 63.1 Å². The maximum absolute atomic E-state index is 10.2. The smallest absolute Gasteiger partial charge is 0.127 e. The number of hydrogen-bond acceptors (Lipinski definition) is 2. The standard InChI is InChI=1S/C15H12BrClO2/c16-10-3-6-14-12(7-10)13(18)8-15(19-14)9-1-4-11(17)5-2-9/h1-7,13,15,18H,8H2. The summed E-state index contributed by atoms with van der Waals surface area (Å²) in [7, 11) is 0. The Labute approximate surface area is 125 Å². The summed E-state index contributed by atoms with van der Waals surface area (Å²) in [5.41, 5.74) is 1.86. The van der Waals surface area contributed by atoms with Gasteiger partial charge in [-0.2, -0.15) is 0 Å². The van der Waals surface area contributed by atoms with E-state index in [9.17, 15) is 5.11 Å². The highest BCUT2D eigenvalue weighted by atomic mass is 79.9. The predicted octanol–water partition coefficient (Wildman–Crippen LogP) is 4.66. The Morgan fingerprint density at radius 3 is 2.63 bits per heavy atom. The minimum atomic E-state index is -0.512. The van der Waals surface area contributed by atoms with Crippen LogP contribution in [0.4, 0.5) is 0 Å². The summed E-state index contributed by atoms with van der Waals surface area (Å²) in [6, 6.07) is 13.2. The van der Waals surface area contributed by atoms with Gasteiger partial charge in [-0.3, -0.25) is 0 Å². The highest BCUT2D eigenvalue weighted by molar-refractivity contribution is 9.10. The predicted molar refractivity (Wildman–Crippen MR) is 78.5 cm³/mol. The number of ether oxygens (including phenoxy) is 1. The fourth-order valence-electron chi connectivity index (χ4n) is 2.30. The largest absolute Gasteiger partial charge is 0.485 e. The molecule has 0 amide bonds. The average Bonchev–Trinajstić information content (AvgIpc) is 2.40. The van der Waals surface area contributed by atoms with Crippen LogP contribution in [0, 0.1) is 0 Å². The van der Waals surface area contributed by atoms with E-state index in [0.717, 1.165) is 21.3 Å². The molecule has 0 bridgehead atoms. The average molecular weight is 340 g/mol. The Balaban J connectivity index is 1.92. The van der Waals surface area contributed by atoms with E-state index in [2.05, 4.69) is 15.9 Å². The fraction of sp³-hybridized carbons (Fsp3) is 0.200. The van der Waals surface area contributed by atoms with Gasteiger partial charge in [0.25, 0.3) is 0 Å². The van der Waals surface area contributed by atoms with Crippen LogP contribution in [0.5, 0.6) is 5.75 Å². The van der Waals surface area contributed by atoms with Crippen molar-refractivity contribution in [3.8, 4) is 5.75 Å². The molecule has 2 atom stereocenters. The zero-order valence-corrected chi connectivity index (χ0v) is 12.4. The Kier molecular flexibility index (Phi) is 3.52. The van der Waals surface area contributed by atoms with E-state index in [1.807, 2.05) is 42.5 Å². The lowest BCUT2D eigenvalue weighted by atomic mass is 9.95. The summed E-state index contributed by atoms with van der Waals surface area (Å²) in [4.78, 5) is 0. The number of aliphatic hydroxyl groups excluding tert-OH is 1. The van der Waals surface area contributed by atoms with Gasteiger partial charge in [-0.25, -0.2) is 0 Å². The highest BCUT2D eigenvalue weighted by Gasteiger charge is 2.28. The molecule has 0 spiro atoms. The van der Waals surface area contributed by atoms with Crippen LogP contribution in [0.1, 0.15) is 29.8 Å². The molecule has 2 aromatic carbocycles. The van der Waals surface area contributed by atoms with Gasteiger partial charge in [0.15, 0.2) is 0 Å². The maximum atomic E-state index is 10.2. The van der Waals surface area contributed by atoms with E-state index >= 15 is 0 Å². The zero-order chi connectivity index (χ0) is 13.4. The number of benzene rings is 2. The van der Waals surface area contributed by atoms with Crippen LogP contribution < -0.4 is 4.74 Å². The van der Waals surface area contributed by atoms with E-state index in [1.165, 1.54) is 0 Å². The van der Waals surface area contributed by atoms with Crippen LogP contribution in [-0.2, 0) is 0 Å². The van der Waals surface area contributed by atoms with Crippen molar-refractivity contribution in [3.63, 3.8) is 0 Å². The van der Waals surface area contributed by atoms with E-state index in [4.69, 9.17) is 16.3 Å². The molecule has 4 heteroatoms. The van der Waals surface area contributed by atoms with Crippen molar-refractivity contribution >= 4 is 27.5 Å². The molecule has 1 aliphatic rings. The van der Waals surface area contributed by atoms with Crippen molar-refractivity contribution in [2.75, 3.05) is 0 Å². The Morgan fingerprint density at radius 1 is 1.16 bits per heavy atom. The number of rotatable bonds is 1. The summed E-state index contributed by atoms with van der Waals surface area (Å²) in [6.45, 7) is 0. The van der Waals surface area contributed by atoms with E-state index < -0.39 is 6.10 Å². The van der Waals surface area contributed by atoms with Crippen LogP contribution in [0.15, 0.2) is 46.9 Å². The molecule has 0 fully saturated rings. The third kappa shape index (κ3) is 2.64. The Hall–Kier alpha value is -1.03. The van der Waals surface area contributed by atoms with Gasteiger partial charge in [-0.15, -0.1) is 0 Å². The molecule has 1 heterocycles. The first-order chi connectivity index (χ1) is 9.13. The molecular weight excluding hydrogens is 328 g/mol. The van der Waals surface area contributed by atoms with Gasteiger partial charge in [0.2, 0.25) is 0 Å². The Bertz CT molecular complexity index is 598. The van der Waals surface area contributed by atoms with E-state index in [-0.39, 0.29) is 6.10 Å². The number of fused-ring (bicyclic) bond motifs is 1. The maximum Gasteiger partial charge on any atom is 0.127 e. The monoisotopic (exact) mass is 338 g/mol. The molecule has 2 aromatic rings. The molecular formula is C15H12BrClO2. The van der Waals surface area contributed by atoms with Crippen molar-refractivity contribution in [2.24, 2.45) is 0 Å². The van der Waals surface area contributed by atoms with E-state index in [1.54, 1.807) is 0 Å². The molecule has 2 nitrogen and oxygen atoms in total. The lowest BCUT2D eigenvalue weighted by Crippen LogP contribution is -2.18. The van der Waals surface area contributed by atoms with Gasteiger partial charge in [-0.1, -0.05) is 39.7 Å². The minimum absolute atomic E-state index is 0.138. The van der Waals surface area contributed by atoms with E-state index in [0.29, 0.717) is 11.4 Å². The third-order valence-corrected chi connectivity index (χ3v) is 4.02. The number of aliphatic hydroxyl groups is 1. The van der Waals surface area contributed by atoms with Crippen LogP contribution in [0.25, 0.3) is 0 Å². The van der Waals surface area contributed by atoms with Gasteiger partial charge < -0.3 is 9.84 Å². The summed E-state index contributed by atoms with van der Waals surface area (Å²) in [6.07, 6.45) is -0.103. The summed E-state index contributed by atoms with van der Waals surface area (Å²) >= 11 is 9.29. The van der Waals surface area contributed by atoms with Gasteiger partial charge in [-0.05, 0) is 35.9 Å². The lowest BCUT2D eigenvalue weighted by molar-refractivity contribution is 0.0657. The van der Waals surface area contributed by atoms with Crippen molar-refractivity contribution in [1.82, 2.24) is 0 Å². The second-order valence-corrected chi connectivity index (χ2v) is 5.94. The summed E-state index contributed by atoms with van der Waals surface area (Å²) in [5, 5.41) is 10.9. The number of hydrogen-bond donors (Lipinski definition) is 1.